The summed E-state index contributed by atoms with van der Waals surface area (Å²) in [6, 6.07) is 2.34. The zero-order chi connectivity index (χ0) is 20.7. The van der Waals surface area contributed by atoms with Crippen LogP contribution < -0.4 is 4.90 Å². The monoisotopic (exact) mass is 421 g/mol. The number of aliphatic hydroxyl groups excluding tert-OH is 1. The predicted molar refractivity (Wildman–Crippen MR) is 92.7 cm³/mol. The maximum Gasteiger partial charge on any atom is 0.501 e. The van der Waals surface area contributed by atoms with Crippen LogP contribution in [0.2, 0.25) is 0 Å². The van der Waals surface area contributed by atoms with Crippen LogP contribution in [-0.2, 0) is 16.9 Å². The highest BCUT2D eigenvalue weighted by atomic mass is 32.2. The normalized spacial score (nSPS) is 19.6. The van der Waals surface area contributed by atoms with Gasteiger partial charge in [-0.3, -0.25) is 0 Å². The largest absolute Gasteiger partial charge is 0.501 e. The molecule has 0 saturated carbocycles. The Morgan fingerprint density at radius 1 is 1.32 bits per heavy atom. The van der Waals surface area contributed by atoms with E-state index in [9.17, 15) is 31.1 Å². The molecule has 2 heterocycles. The number of sulfone groups is 1. The van der Waals surface area contributed by atoms with Crippen LogP contribution in [0.3, 0.4) is 0 Å². The molecule has 0 bridgehead atoms. The van der Waals surface area contributed by atoms with E-state index in [1.807, 2.05) is 0 Å². The fourth-order valence-corrected chi connectivity index (χ4v) is 4.44. The molecule has 1 N–H and O–H groups in total. The number of aliphatic hydroxyl groups is 1. The first-order chi connectivity index (χ1) is 13.0. The van der Waals surface area contributed by atoms with Gasteiger partial charge in [0, 0.05) is 38.4 Å². The van der Waals surface area contributed by atoms with Gasteiger partial charge in [0.15, 0.2) is 0 Å². The van der Waals surface area contributed by atoms with E-state index in [0.29, 0.717) is 24.7 Å². The Bertz CT molecular complexity index is 959. The topological polar surface area (TPSA) is 75.4 Å². The third-order valence-corrected chi connectivity index (χ3v) is 6.40. The molecule has 0 spiro atoms. The number of nitrogens with zero attached hydrogens (tertiary/aromatic N) is 3. The summed E-state index contributed by atoms with van der Waals surface area (Å²) in [7, 11) is -4.02. The van der Waals surface area contributed by atoms with Crippen LogP contribution >= 0.6 is 0 Å². The fourth-order valence-electron chi connectivity index (χ4n) is 3.45. The average Bonchev–Trinajstić information content (AvgIpc) is 3.06. The number of rotatable bonds is 4. The van der Waals surface area contributed by atoms with Crippen molar-refractivity contribution in [3.63, 3.8) is 0 Å². The summed E-state index contributed by atoms with van der Waals surface area (Å²) < 4.78 is 78.2. The number of aromatic nitrogens is 2. The molecule has 2 atom stereocenters. The number of halogens is 4. The minimum atomic E-state index is -5.73. The molecule has 1 saturated heterocycles. The average molecular weight is 421 g/mol. The summed E-state index contributed by atoms with van der Waals surface area (Å²) in [6.07, 6.45) is 3.33. The Kier molecular flexibility index (Phi) is 5.41. The number of benzene rings is 1. The van der Waals surface area contributed by atoms with Crippen molar-refractivity contribution in [3.8, 4) is 0 Å². The Morgan fingerprint density at radius 3 is 2.64 bits per heavy atom. The van der Waals surface area contributed by atoms with Crippen LogP contribution in [0.4, 0.5) is 23.2 Å². The number of hydrogen-bond acceptors (Lipinski definition) is 5. The highest BCUT2D eigenvalue weighted by Crippen LogP contribution is 2.39. The van der Waals surface area contributed by atoms with Crippen molar-refractivity contribution in [1.29, 1.82) is 0 Å². The number of piperidine rings is 1. The molecule has 3 rings (SSSR count). The van der Waals surface area contributed by atoms with Crippen molar-refractivity contribution < 1.29 is 31.1 Å². The lowest BCUT2D eigenvalue weighted by Gasteiger charge is -2.37. The fraction of sp³-hybridized carbons (Fsp3) is 0.471. The lowest BCUT2D eigenvalue weighted by atomic mass is 9.91. The smallest absolute Gasteiger partial charge is 0.385 e. The molecule has 6 nitrogen and oxygen atoms in total. The second kappa shape index (κ2) is 7.36. The van der Waals surface area contributed by atoms with Gasteiger partial charge in [-0.25, -0.2) is 17.8 Å². The van der Waals surface area contributed by atoms with Gasteiger partial charge in [-0.15, -0.1) is 0 Å². The molecule has 1 fully saturated rings. The molecule has 1 aromatic heterocycles. The van der Waals surface area contributed by atoms with Gasteiger partial charge < -0.3 is 14.6 Å². The third kappa shape index (κ3) is 3.72. The van der Waals surface area contributed by atoms with Crippen LogP contribution in [0.25, 0.3) is 0 Å². The summed E-state index contributed by atoms with van der Waals surface area (Å²) >= 11 is 0. The molecular formula is C17H19F4N3O3S. The highest BCUT2D eigenvalue weighted by Gasteiger charge is 2.48. The molecule has 1 aromatic carbocycles. The molecule has 0 amide bonds. The molecule has 0 aliphatic carbocycles. The van der Waals surface area contributed by atoms with E-state index in [1.165, 1.54) is 11.1 Å². The Labute approximate surface area is 159 Å². The Hall–Kier alpha value is -2.14. The van der Waals surface area contributed by atoms with Gasteiger partial charge in [0.05, 0.1) is 5.69 Å². The van der Waals surface area contributed by atoms with E-state index in [2.05, 4.69) is 4.98 Å². The standard InChI is InChI=1S/C17H19F4N3O3S/c1-23-8-6-22-16(23)15(25)11-3-2-7-24(10-11)13-5-4-12(18)9-14(13)28(26,27)17(19,20)21/h4-6,8-9,11,15,25H,2-3,7,10H2,1H3. The minimum absolute atomic E-state index is 0.111. The molecule has 11 heteroatoms. The van der Waals surface area contributed by atoms with Crippen LogP contribution in [-0.4, -0.2) is 41.7 Å². The molecule has 2 aromatic rings. The number of hydrogen-bond donors (Lipinski definition) is 1. The quantitative estimate of drug-likeness (QED) is 0.769. The molecular weight excluding hydrogens is 402 g/mol. The number of alkyl halides is 3. The third-order valence-electron chi connectivity index (χ3n) is 4.88. The molecule has 154 valence electrons. The summed E-state index contributed by atoms with van der Waals surface area (Å²) in [5.74, 6) is -1.04. The van der Waals surface area contributed by atoms with Gasteiger partial charge in [0.2, 0.25) is 0 Å². The first-order valence-electron chi connectivity index (χ1n) is 8.53. The SMILES string of the molecule is Cn1ccnc1C(O)C1CCCN(c2ccc(F)cc2S(=O)(=O)C(F)(F)F)C1. The number of anilines is 1. The maximum atomic E-state index is 13.6. The van der Waals surface area contributed by atoms with Crippen LogP contribution in [0.15, 0.2) is 35.5 Å². The number of imidazole rings is 1. The van der Waals surface area contributed by atoms with Crippen molar-refractivity contribution in [2.24, 2.45) is 13.0 Å². The summed E-state index contributed by atoms with van der Waals surface area (Å²) in [5.41, 5.74) is -5.77. The van der Waals surface area contributed by atoms with Crippen molar-refractivity contribution >= 4 is 15.5 Å². The minimum Gasteiger partial charge on any atom is -0.385 e. The van der Waals surface area contributed by atoms with Gasteiger partial charge in [0.25, 0.3) is 9.84 Å². The maximum absolute atomic E-state index is 13.6. The van der Waals surface area contributed by atoms with Crippen molar-refractivity contribution in [2.45, 2.75) is 29.3 Å². The molecule has 28 heavy (non-hydrogen) atoms. The zero-order valence-electron chi connectivity index (χ0n) is 14.9. The van der Waals surface area contributed by atoms with Gasteiger partial charge in [-0.1, -0.05) is 0 Å². The molecule has 0 radical (unpaired) electrons. The van der Waals surface area contributed by atoms with Gasteiger partial charge in [0.1, 0.15) is 22.6 Å². The predicted octanol–water partition coefficient (Wildman–Crippen LogP) is 2.80. The van der Waals surface area contributed by atoms with Gasteiger partial charge >= 0.3 is 5.51 Å². The lowest BCUT2D eigenvalue weighted by Crippen LogP contribution is -2.39. The van der Waals surface area contributed by atoms with Gasteiger partial charge in [-0.05, 0) is 31.0 Å². The van der Waals surface area contributed by atoms with Crippen molar-refractivity contribution in [1.82, 2.24) is 9.55 Å². The Balaban J connectivity index is 1.95. The number of aryl methyl sites for hydroxylation is 1. The van der Waals surface area contributed by atoms with Crippen molar-refractivity contribution in [3.05, 3.63) is 42.2 Å². The van der Waals surface area contributed by atoms with Crippen molar-refractivity contribution in [2.75, 3.05) is 18.0 Å². The second-order valence-electron chi connectivity index (χ2n) is 6.75. The summed E-state index contributed by atoms with van der Waals surface area (Å²) in [6.45, 7) is 0.399. The van der Waals surface area contributed by atoms with Crippen LogP contribution in [0.1, 0.15) is 24.8 Å². The molecule has 2 unspecified atom stereocenters. The highest BCUT2D eigenvalue weighted by molar-refractivity contribution is 7.92. The van der Waals surface area contributed by atoms with E-state index in [-0.39, 0.29) is 24.7 Å². The van der Waals surface area contributed by atoms with E-state index < -0.39 is 32.2 Å². The summed E-state index contributed by atoms with van der Waals surface area (Å²) in [4.78, 5) is 4.41. The van der Waals surface area contributed by atoms with E-state index in [1.54, 1.807) is 17.8 Å². The first kappa shape index (κ1) is 20.6. The summed E-state index contributed by atoms with van der Waals surface area (Å²) in [5, 5.41) is 10.6. The van der Waals surface area contributed by atoms with E-state index in [4.69, 9.17) is 0 Å². The molecule has 1 aliphatic heterocycles. The van der Waals surface area contributed by atoms with Gasteiger partial charge in [-0.2, -0.15) is 13.2 Å². The first-order valence-corrected chi connectivity index (χ1v) is 10.0. The zero-order valence-corrected chi connectivity index (χ0v) is 15.7. The lowest BCUT2D eigenvalue weighted by molar-refractivity contribution is -0.0435. The van der Waals surface area contributed by atoms with E-state index in [0.717, 1.165) is 12.1 Å². The van der Waals surface area contributed by atoms with E-state index >= 15 is 0 Å². The second-order valence-corrected chi connectivity index (χ2v) is 8.66. The molecule has 1 aliphatic rings. The Morgan fingerprint density at radius 2 is 2.04 bits per heavy atom. The van der Waals surface area contributed by atoms with Crippen LogP contribution in [0.5, 0.6) is 0 Å². The van der Waals surface area contributed by atoms with Crippen LogP contribution in [0, 0.1) is 11.7 Å².